The molecule has 0 N–H and O–H groups in total. The summed E-state index contributed by atoms with van der Waals surface area (Å²) in [4.78, 5) is 7.71. The number of hydrogen-bond acceptors (Lipinski definition) is 3. The minimum Gasteiger partial charge on any atom is -0.292 e. The van der Waals surface area contributed by atoms with Gasteiger partial charge in [0.05, 0.1) is 28.1 Å². The molecule has 4 heteroatoms. The maximum atomic E-state index is 9.45. The maximum absolute atomic E-state index is 9.45. The van der Waals surface area contributed by atoms with Crippen molar-refractivity contribution in [2.45, 2.75) is 15.2 Å². The van der Waals surface area contributed by atoms with E-state index in [1.54, 1.807) is 0 Å². The van der Waals surface area contributed by atoms with Gasteiger partial charge >= 0.3 is 0 Å². The molecule has 0 amide bonds. The van der Waals surface area contributed by atoms with Gasteiger partial charge in [-0.15, -0.1) is 0 Å². The summed E-state index contributed by atoms with van der Waals surface area (Å²) in [7, 11) is 0. The molecular formula is C45H27N3S. The van der Waals surface area contributed by atoms with Crippen LogP contribution in [0.5, 0.6) is 0 Å². The fourth-order valence-electron chi connectivity index (χ4n) is 8.01. The summed E-state index contributed by atoms with van der Waals surface area (Å²) in [6.45, 7) is 0. The van der Waals surface area contributed by atoms with Crippen molar-refractivity contribution in [2.75, 3.05) is 0 Å². The van der Waals surface area contributed by atoms with Gasteiger partial charge < -0.3 is 0 Å². The van der Waals surface area contributed by atoms with E-state index in [0.29, 0.717) is 5.56 Å². The van der Waals surface area contributed by atoms with Crippen LogP contribution in [0.4, 0.5) is 0 Å². The Bertz CT molecular complexity index is 2600. The Morgan fingerprint density at radius 2 is 1.14 bits per heavy atom. The zero-order valence-electron chi connectivity index (χ0n) is 26.3. The van der Waals surface area contributed by atoms with E-state index >= 15 is 0 Å². The Balaban J connectivity index is 1.29. The summed E-state index contributed by atoms with van der Waals surface area (Å²) >= 11 is 1.86. The molecule has 0 atom stereocenters. The van der Waals surface area contributed by atoms with E-state index in [2.05, 4.69) is 162 Å². The Morgan fingerprint density at radius 1 is 0.531 bits per heavy atom. The molecule has 2 heterocycles. The average Bonchev–Trinajstić information content (AvgIpc) is 3.69. The first kappa shape index (κ1) is 27.9. The minimum atomic E-state index is -0.537. The second-order valence-electron chi connectivity index (χ2n) is 12.6. The number of rotatable bonds is 3. The van der Waals surface area contributed by atoms with Crippen molar-refractivity contribution in [3.63, 3.8) is 0 Å². The van der Waals surface area contributed by atoms with Crippen molar-refractivity contribution in [1.29, 1.82) is 5.26 Å². The zero-order chi connectivity index (χ0) is 32.5. The van der Waals surface area contributed by atoms with Crippen LogP contribution in [0, 0.1) is 11.3 Å². The molecule has 0 unspecified atom stereocenters. The SMILES string of the molecule is N#Cc1ccc(-c2ccc3c(c2)C2(c4ccccc4Sc4ccccc42)c2cc(-n4c(-c5ccccc5)nc5ccccc54)ccc2-3)cc1. The van der Waals surface area contributed by atoms with Gasteiger partial charge in [-0.05, 0) is 99.1 Å². The number of benzene rings is 7. The fourth-order valence-corrected chi connectivity index (χ4v) is 9.20. The lowest BCUT2D eigenvalue weighted by molar-refractivity contribution is 0.722. The second-order valence-corrected chi connectivity index (χ2v) is 13.7. The average molecular weight is 642 g/mol. The highest BCUT2D eigenvalue weighted by Crippen LogP contribution is 2.62. The third-order valence-corrected chi connectivity index (χ3v) is 11.3. The summed E-state index contributed by atoms with van der Waals surface area (Å²) in [5, 5.41) is 9.45. The van der Waals surface area contributed by atoms with Crippen LogP contribution in [-0.4, -0.2) is 9.55 Å². The first-order chi connectivity index (χ1) is 24.2. The highest BCUT2D eigenvalue weighted by Gasteiger charge is 2.50. The molecule has 0 bridgehead atoms. The zero-order valence-corrected chi connectivity index (χ0v) is 27.2. The van der Waals surface area contributed by atoms with Crippen molar-refractivity contribution in [2.24, 2.45) is 0 Å². The maximum Gasteiger partial charge on any atom is 0.145 e. The van der Waals surface area contributed by atoms with Crippen LogP contribution in [0.2, 0.25) is 0 Å². The van der Waals surface area contributed by atoms with Crippen molar-refractivity contribution in [3.8, 4) is 45.4 Å². The van der Waals surface area contributed by atoms with E-state index in [-0.39, 0.29) is 0 Å². The highest BCUT2D eigenvalue weighted by molar-refractivity contribution is 7.99. The third kappa shape index (κ3) is 4.00. The topological polar surface area (TPSA) is 41.6 Å². The summed E-state index contributed by atoms with van der Waals surface area (Å²) in [5.74, 6) is 0.925. The van der Waals surface area contributed by atoms with Crippen molar-refractivity contribution >= 4 is 22.8 Å². The first-order valence-corrected chi connectivity index (χ1v) is 17.3. The Kier molecular flexibility index (Phi) is 6.09. The lowest BCUT2D eigenvalue weighted by Gasteiger charge is -2.40. The van der Waals surface area contributed by atoms with E-state index in [0.717, 1.165) is 39.2 Å². The minimum absolute atomic E-state index is 0.537. The number of imidazole rings is 1. The summed E-state index contributed by atoms with van der Waals surface area (Å²) in [5.41, 5.74) is 14.2. The summed E-state index contributed by atoms with van der Waals surface area (Å²) < 4.78 is 2.32. The quantitative estimate of drug-likeness (QED) is 0.193. The Hall–Kier alpha value is -6.15. The summed E-state index contributed by atoms with van der Waals surface area (Å²) in [6, 6.07) is 60.8. The predicted molar refractivity (Wildman–Crippen MR) is 198 cm³/mol. The molecule has 8 aromatic rings. The van der Waals surface area contributed by atoms with Crippen LogP contribution >= 0.6 is 11.8 Å². The van der Waals surface area contributed by atoms with Crippen molar-refractivity contribution < 1.29 is 0 Å². The van der Waals surface area contributed by atoms with Crippen LogP contribution < -0.4 is 0 Å². The lowest BCUT2D eigenvalue weighted by atomic mass is 9.67. The first-order valence-electron chi connectivity index (χ1n) is 16.4. The number of hydrogen-bond donors (Lipinski definition) is 0. The molecule has 228 valence electrons. The molecule has 1 aliphatic heterocycles. The number of aromatic nitrogens is 2. The van der Waals surface area contributed by atoms with E-state index in [9.17, 15) is 5.26 Å². The van der Waals surface area contributed by atoms with Crippen LogP contribution in [0.3, 0.4) is 0 Å². The van der Waals surface area contributed by atoms with Gasteiger partial charge in [-0.2, -0.15) is 5.26 Å². The van der Waals surface area contributed by atoms with Gasteiger partial charge in [-0.3, -0.25) is 4.57 Å². The monoisotopic (exact) mass is 641 g/mol. The van der Waals surface area contributed by atoms with E-state index in [1.165, 1.54) is 43.2 Å². The van der Waals surface area contributed by atoms with Crippen molar-refractivity contribution in [3.05, 3.63) is 192 Å². The van der Waals surface area contributed by atoms with E-state index in [4.69, 9.17) is 4.98 Å². The third-order valence-electron chi connectivity index (χ3n) is 10.1. The molecule has 0 radical (unpaired) electrons. The van der Waals surface area contributed by atoms with Crippen LogP contribution in [0.25, 0.3) is 50.4 Å². The number of nitrogens with zero attached hydrogens (tertiary/aromatic N) is 3. The standard InChI is InChI=1S/C45H27N3S/c46-28-29-18-20-30(21-19-29)32-22-24-34-35-25-23-33(48-41-15-7-6-14-40(41)47-44(48)31-10-2-1-3-11-31)27-39(35)45(38(34)26-32)36-12-4-8-16-42(36)49-43-17-9-5-13-37(43)45/h1-27H. The van der Waals surface area contributed by atoms with Crippen LogP contribution in [-0.2, 0) is 5.41 Å². The Morgan fingerprint density at radius 3 is 1.88 bits per heavy atom. The second kappa shape index (κ2) is 10.7. The van der Waals surface area contributed by atoms with Gasteiger partial charge in [0.15, 0.2) is 0 Å². The molecule has 2 aliphatic rings. The molecule has 49 heavy (non-hydrogen) atoms. The normalized spacial score (nSPS) is 13.4. The largest absolute Gasteiger partial charge is 0.292 e. The van der Waals surface area contributed by atoms with E-state index < -0.39 is 5.41 Å². The molecule has 0 saturated heterocycles. The van der Waals surface area contributed by atoms with Gasteiger partial charge in [0.1, 0.15) is 5.82 Å². The highest BCUT2D eigenvalue weighted by atomic mass is 32.2. The predicted octanol–water partition coefficient (Wildman–Crippen LogP) is 11.1. The molecule has 1 aliphatic carbocycles. The fraction of sp³-hybridized carbons (Fsp3) is 0.0222. The van der Waals surface area contributed by atoms with Gasteiger partial charge in [-0.1, -0.05) is 121 Å². The van der Waals surface area contributed by atoms with Crippen molar-refractivity contribution in [1.82, 2.24) is 9.55 Å². The molecule has 1 spiro atoms. The molecule has 10 rings (SSSR count). The van der Waals surface area contributed by atoms with Gasteiger partial charge in [0.25, 0.3) is 0 Å². The number of para-hydroxylation sites is 2. The smallest absolute Gasteiger partial charge is 0.145 e. The number of nitriles is 1. The van der Waals surface area contributed by atoms with Gasteiger partial charge in [0, 0.05) is 21.0 Å². The lowest BCUT2D eigenvalue weighted by Crippen LogP contribution is -2.32. The Labute approximate surface area is 288 Å². The molecule has 3 nitrogen and oxygen atoms in total. The molecule has 7 aromatic carbocycles. The molecule has 0 saturated carbocycles. The molecule has 1 aromatic heterocycles. The van der Waals surface area contributed by atoms with E-state index in [1.807, 2.05) is 23.9 Å². The van der Waals surface area contributed by atoms with Crippen LogP contribution in [0.1, 0.15) is 27.8 Å². The molecular weight excluding hydrogens is 615 g/mol. The number of fused-ring (bicyclic) bond motifs is 10. The van der Waals surface area contributed by atoms with Gasteiger partial charge in [-0.25, -0.2) is 4.98 Å². The van der Waals surface area contributed by atoms with Gasteiger partial charge in [0.2, 0.25) is 0 Å². The molecule has 0 fully saturated rings. The summed E-state index contributed by atoms with van der Waals surface area (Å²) in [6.07, 6.45) is 0. The van der Waals surface area contributed by atoms with Crippen LogP contribution in [0.15, 0.2) is 174 Å².